The quantitative estimate of drug-likeness (QED) is 0.0211. The molecule has 20 heteroatoms. The van der Waals surface area contributed by atoms with Crippen molar-refractivity contribution in [1.29, 1.82) is 0 Å². The molecule has 4 aliphatic carbocycles. The van der Waals surface area contributed by atoms with E-state index in [1.54, 1.807) is 0 Å². The zero-order valence-corrected chi connectivity index (χ0v) is 57.8. The van der Waals surface area contributed by atoms with E-state index < -0.39 is 5.97 Å². The normalized spacial score (nSPS) is 24.1. The molecule has 15 nitrogen and oxygen atoms in total. The monoisotopic (exact) mass is 1340 g/mol. The topological polar surface area (TPSA) is 200 Å². The maximum Gasteiger partial charge on any atom is 0.0681 e. The van der Waals surface area contributed by atoms with E-state index in [4.69, 9.17) is 82.5 Å². The summed E-state index contributed by atoms with van der Waals surface area (Å²) in [5.74, 6) is 2.46. The van der Waals surface area contributed by atoms with Crippen molar-refractivity contribution in [3.8, 4) is 11.5 Å². The van der Waals surface area contributed by atoms with Gasteiger partial charge in [0.25, 0.3) is 0 Å². The van der Waals surface area contributed by atoms with Crippen LogP contribution < -0.4 is 9.47 Å². The van der Waals surface area contributed by atoms with Gasteiger partial charge in [-0.05, 0) is 216 Å². The number of esters is 1. The second-order valence-electron chi connectivity index (χ2n) is 24.2. The van der Waals surface area contributed by atoms with Crippen molar-refractivity contribution in [1.82, 2.24) is 4.90 Å². The molecule has 506 valence electrons. The fourth-order valence-electron chi connectivity index (χ4n) is 13.7. The molecule has 0 radical (unpaired) electrons. The maximum absolute atomic E-state index is 12.3. The van der Waals surface area contributed by atoms with E-state index in [9.17, 15) is 19.8 Å². The van der Waals surface area contributed by atoms with Gasteiger partial charge in [0.1, 0.15) is 18.1 Å². The first kappa shape index (κ1) is 78.0. The predicted octanol–water partition coefficient (Wildman–Crippen LogP) is 14.3. The van der Waals surface area contributed by atoms with Crippen LogP contribution in [0.5, 0.6) is 11.5 Å². The minimum absolute atomic E-state index is 0.0641. The van der Waals surface area contributed by atoms with Crippen molar-refractivity contribution in [3.63, 3.8) is 0 Å². The summed E-state index contributed by atoms with van der Waals surface area (Å²) in [6.07, 6.45) is 17.3. The van der Waals surface area contributed by atoms with E-state index in [1.165, 1.54) is 49.2 Å². The summed E-state index contributed by atoms with van der Waals surface area (Å²) in [7, 11) is -0.0679. The summed E-state index contributed by atoms with van der Waals surface area (Å²) in [5.41, 5.74) is 6.75. The second kappa shape index (κ2) is 44.8. The van der Waals surface area contributed by atoms with Gasteiger partial charge in [-0.3, -0.25) is 0 Å². The molecule has 3 unspecified atom stereocenters. The number of aliphatic hydroxyl groups is 3. The summed E-state index contributed by atoms with van der Waals surface area (Å²) in [4.78, 5) is 25.6. The van der Waals surface area contributed by atoms with Gasteiger partial charge in [0.2, 0.25) is 0 Å². The number of hydrogen-bond acceptors (Lipinski definition) is 14. The van der Waals surface area contributed by atoms with Gasteiger partial charge in [0.15, 0.2) is 25.8 Å². The van der Waals surface area contributed by atoms with Crippen LogP contribution in [0.15, 0.2) is 97.1 Å². The number of rotatable bonds is 25. The number of fused-ring (bicyclic) bond motifs is 4. The van der Waals surface area contributed by atoms with Gasteiger partial charge in [-0.15, -0.1) is 23.2 Å². The molecule has 0 spiro atoms. The predicted molar refractivity (Wildman–Crippen MR) is 364 cm³/mol. The minimum atomic E-state index is -0.964. The number of carboxylic acids is 1. The number of carbonyl (C=O) groups excluding carboxylic acids is 1. The summed E-state index contributed by atoms with van der Waals surface area (Å²) < 4.78 is 50.0. The van der Waals surface area contributed by atoms with Gasteiger partial charge in [-0.2, -0.15) is 0 Å². The van der Waals surface area contributed by atoms with Gasteiger partial charge < -0.3 is 58.5 Å². The van der Waals surface area contributed by atoms with Crippen LogP contribution >= 0.6 is 42.3 Å². The third kappa shape index (κ3) is 27.1. The van der Waals surface area contributed by atoms with Crippen LogP contribution in [0.3, 0.4) is 0 Å². The average molecular weight is 1340 g/mol. The molecule has 0 amide bonds. The molecule has 0 aromatic heterocycles. The fraction of sp³-hybridized carbons (Fsp3) is 0.634. The van der Waals surface area contributed by atoms with Crippen molar-refractivity contribution in [2.24, 2.45) is 35.5 Å². The van der Waals surface area contributed by atoms with Crippen LogP contribution in [0.1, 0.15) is 158 Å². The van der Waals surface area contributed by atoms with Crippen LogP contribution in [0.25, 0.3) is 0 Å². The zero-order valence-electron chi connectivity index (χ0n) is 54.5. The van der Waals surface area contributed by atoms with Gasteiger partial charge in [0, 0.05) is 13.2 Å². The molecule has 4 N–H and O–H groups in total. The molecule has 4 fully saturated rings. The largest absolute Gasteiger partial charge is 0.392 e. The standard InChI is InChI=1S/C32H42O6.C25H36O6.C7H8O.C6H15N.CH2Cl2.BClHOP/c1-2-25(38-32-13-6-7-16-35-32)14-15-26-27-17-23-11-8-12-30(28(23)18-24(27)19-29(26)33)36-21-31(34)37-20-22-9-4-3-5-10-22;1-2-18(31-25-8-3-4-11-29-25)9-10-19-20-12-16-6-5-7-23(30-15-24(27)28)21(16)13-17(20)14-22(19)26;8-6-7-4-2-1-3-5-7;1-4-7(5-2)6-3;2-1-3;2-4-1-3/h3-5,8-12,24-27,29,32-33H,2,6-7,13-21H2,1H3;5-7,17-20,22,25-26H,2-4,8-15H2,1H3,(H,27,28);1-5,8H,6H2;4-6H2,1-3H3;1H2;4H/t24-,25-,26+,27-,29+,32?;17-,18-,19+,20-,22+,25?;;;;/m00..../s1. The second-order valence-corrected chi connectivity index (χ2v) is 26.1. The number of hydrogen-bond donors (Lipinski definition) is 4. The number of nitrogens with zero attached hydrogens (tertiary/aromatic N) is 1. The van der Waals surface area contributed by atoms with Gasteiger partial charge in [-0.25, -0.2) is 9.59 Å². The van der Waals surface area contributed by atoms with Crippen molar-refractivity contribution in [2.45, 2.75) is 200 Å². The van der Waals surface area contributed by atoms with Crippen LogP contribution in [0, 0.1) is 35.5 Å². The fourth-order valence-corrected chi connectivity index (χ4v) is 13.7. The third-order valence-electron chi connectivity index (χ3n) is 18.6. The van der Waals surface area contributed by atoms with Crippen LogP contribution in [-0.4, -0.2) is 133 Å². The molecule has 2 saturated carbocycles. The molecule has 13 atom stereocenters. The van der Waals surface area contributed by atoms with Crippen molar-refractivity contribution < 1.29 is 67.9 Å². The Bertz CT molecular complexity index is 2620. The SMILES string of the molecule is CCN(CC)CC.CC[C@@H](CC[C@@H]1[C@H]2Cc3cccc(OCC(=O)O)c3C[C@H]2C[C@H]1O)OC1CCCCO1.CC[C@@H](CC[C@@H]1[C@H]2Cc3cccc(OCC(=O)OCc4ccccc4)c3C[C@H]2C[C@H]1O)OC1CCCCO1.ClCCl.O=BPCl.OCc1ccccc1. The number of aliphatic carboxylic acids is 1. The maximum atomic E-state index is 12.3. The van der Waals surface area contributed by atoms with Crippen LogP contribution in [0.4, 0.5) is 0 Å². The summed E-state index contributed by atoms with van der Waals surface area (Å²) in [6.45, 7) is 16.7. The zero-order chi connectivity index (χ0) is 65.8. The van der Waals surface area contributed by atoms with Crippen LogP contribution in [0.2, 0.25) is 0 Å². The first-order chi connectivity index (χ1) is 44.3. The first-order valence-electron chi connectivity index (χ1n) is 33.3. The van der Waals surface area contributed by atoms with E-state index in [1.807, 2.05) is 84.9 Å². The molecule has 2 heterocycles. The Morgan fingerprint density at radius 3 is 1.44 bits per heavy atom. The van der Waals surface area contributed by atoms with Crippen molar-refractivity contribution >= 4 is 61.1 Å². The van der Waals surface area contributed by atoms with E-state index >= 15 is 0 Å². The Balaban J connectivity index is 0.000000251. The summed E-state index contributed by atoms with van der Waals surface area (Å²) >= 11 is 14.4. The molecule has 4 aromatic rings. The Morgan fingerprint density at radius 1 is 0.637 bits per heavy atom. The molecule has 10 rings (SSSR count). The van der Waals surface area contributed by atoms with E-state index in [2.05, 4.69) is 51.7 Å². The first-order valence-corrected chi connectivity index (χ1v) is 36.5. The Hall–Kier alpha value is -3.74. The molecule has 6 aliphatic rings. The molecule has 2 saturated heterocycles. The molecule has 2 aliphatic heterocycles. The summed E-state index contributed by atoms with van der Waals surface area (Å²) in [5, 5.41) is 39.6. The Kier molecular flexibility index (Phi) is 38.4. The number of carboxylic acid groups (broad SMARTS) is 1. The van der Waals surface area contributed by atoms with E-state index in [-0.39, 0.29) is 94.4 Å². The molecular weight excluding hydrogens is 1240 g/mol. The van der Waals surface area contributed by atoms with Crippen molar-refractivity contribution in [2.75, 3.05) is 51.4 Å². The smallest absolute Gasteiger partial charge is 0.0681 e. The van der Waals surface area contributed by atoms with Gasteiger partial charge in [0.05, 0.1) is 36.4 Å². The van der Waals surface area contributed by atoms with E-state index in [0.717, 1.165) is 138 Å². The average Bonchev–Trinajstić information content (AvgIpc) is 1.80. The Labute approximate surface area is 560 Å². The third-order valence-corrected chi connectivity index (χ3v) is 18.9. The number of aliphatic hydroxyl groups excluding tert-OH is 3. The van der Waals surface area contributed by atoms with Gasteiger partial charge in [-0.1, -0.05) is 120 Å². The number of benzene rings is 4. The molecule has 4 aromatic carbocycles. The molecular formula is C71H104BCl3NO14P. The van der Waals surface area contributed by atoms with E-state index in [0.29, 0.717) is 36.3 Å². The van der Waals surface area contributed by atoms with Crippen LogP contribution in [-0.2, 0) is 76.9 Å². The number of ether oxygens (including phenoxy) is 7. The molecule has 91 heavy (non-hydrogen) atoms. The van der Waals surface area contributed by atoms with Crippen molar-refractivity contribution in [3.05, 3.63) is 130 Å². The summed E-state index contributed by atoms with van der Waals surface area (Å²) in [6, 6.07) is 31.2. The van der Waals surface area contributed by atoms with Gasteiger partial charge >= 0.3 is 42.6 Å². The molecule has 0 bridgehead atoms. The number of carbonyl (C=O) groups is 2. The number of alkyl halides is 2. The Morgan fingerprint density at radius 2 is 1.08 bits per heavy atom. The number of halogens is 3. The minimum Gasteiger partial charge on any atom is -0.392 e.